The third-order valence-electron chi connectivity index (χ3n) is 4.01. The van der Waals surface area contributed by atoms with Gasteiger partial charge in [-0.3, -0.25) is 4.90 Å². The SMILES string of the molecule is CC(c1cccs1)N(C)Cc1occc1CNC1CC1. The molecule has 1 fully saturated rings. The highest BCUT2D eigenvalue weighted by molar-refractivity contribution is 7.10. The van der Waals surface area contributed by atoms with Crippen molar-refractivity contribution < 1.29 is 4.42 Å². The molecule has 4 heteroatoms. The second-order valence-electron chi connectivity index (χ2n) is 5.63. The van der Waals surface area contributed by atoms with E-state index in [2.05, 4.69) is 47.8 Å². The minimum atomic E-state index is 0.421. The molecule has 20 heavy (non-hydrogen) atoms. The Bertz CT molecular complexity index is 530. The van der Waals surface area contributed by atoms with E-state index in [9.17, 15) is 0 Å². The highest BCUT2D eigenvalue weighted by Crippen LogP contribution is 2.26. The Kier molecular flexibility index (Phi) is 4.24. The monoisotopic (exact) mass is 290 g/mol. The van der Waals surface area contributed by atoms with E-state index in [-0.39, 0.29) is 0 Å². The molecule has 0 aromatic carbocycles. The predicted molar refractivity (Wildman–Crippen MR) is 82.8 cm³/mol. The lowest BCUT2D eigenvalue weighted by molar-refractivity contribution is 0.234. The Morgan fingerprint density at radius 2 is 2.30 bits per heavy atom. The van der Waals surface area contributed by atoms with Crippen molar-refractivity contribution in [3.63, 3.8) is 0 Å². The summed E-state index contributed by atoms with van der Waals surface area (Å²) in [5.74, 6) is 1.09. The molecule has 1 atom stereocenters. The van der Waals surface area contributed by atoms with E-state index < -0.39 is 0 Å². The van der Waals surface area contributed by atoms with Gasteiger partial charge in [0.1, 0.15) is 5.76 Å². The Morgan fingerprint density at radius 1 is 1.45 bits per heavy atom. The highest BCUT2D eigenvalue weighted by Gasteiger charge is 2.21. The molecule has 0 spiro atoms. The second-order valence-corrected chi connectivity index (χ2v) is 6.61. The maximum absolute atomic E-state index is 5.68. The summed E-state index contributed by atoms with van der Waals surface area (Å²) in [7, 11) is 2.16. The second kappa shape index (κ2) is 6.12. The first-order valence-corrected chi connectivity index (χ1v) is 8.14. The zero-order valence-corrected chi connectivity index (χ0v) is 13.0. The standard InChI is InChI=1S/C16H22N2OS/c1-12(16-4-3-9-20-16)18(2)11-15-13(7-8-19-15)10-17-14-5-6-14/h3-4,7-9,12,14,17H,5-6,10-11H2,1-2H3. The van der Waals surface area contributed by atoms with Gasteiger partial charge in [0.2, 0.25) is 0 Å². The third-order valence-corrected chi connectivity index (χ3v) is 5.05. The first kappa shape index (κ1) is 13.9. The van der Waals surface area contributed by atoms with Crippen molar-refractivity contribution in [1.29, 1.82) is 0 Å². The van der Waals surface area contributed by atoms with Gasteiger partial charge in [0, 0.05) is 29.1 Å². The molecule has 1 unspecified atom stereocenters. The van der Waals surface area contributed by atoms with E-state index in [4.69, 9.17) is 4.42 Å². The Morgan fingerprint density at radius 3 is 3.00 bits per heavy atom. The topological polar surface area (TPSA) is 28.4 Å². The zero-order valence-electron chi connectivity index (χ0n) is 12.1. The minimum Gasteiger partial charge on any atom is -0.468 e. The maximum Gasteiger partial charge on any atom is 0.122 e. The summed E-state index contributed by atoms with van der Waals surface area (Å²) in [5, 5.41) is 5.69. The lowest BCUT2D eigenvalue weighted by Gasteiger charge is -2.23. The fraction of sp³-hybridized carbons (Fsp3) is 0.500. The lowest BCUT2D eigenvalue weighted by Crippen LogP contribution is -2.22. The Labute approximate surface area is 124 Å². The molecule has 0 radical (unpaired) electrons. The van der Waals surface area contributed by atoms with E-state index >= 15 is 0 Å². The number of rotatable bonds is 7. The van der Waals surface area contributed by atoms with Crippen LogP contribution in [0.25, 0.3) is 0 Å². The van der Waals surface area contributed by atoms with Crippen molar-refractivity contribution in [2.24, 2.45) is 0 Å². The van der Waals surface area contributed by atoms with Crippen LogP contribution in [0.15, 0.2) is 34.3 Å². The van der Waals surface area contributed by atoms with Crippen molar-refractivity contribution in [2.45, 2.75) is 44.9 Å². The van der Waals surface area contributed by atoms with Gasteiger partial charge >= 0.3 is 0 Å². The van der Waals surface area contributed by atoms with E-state index in [0.717, 1.165) is 24.9 Å². The number of nitrogens with one attached hydrogen (secondary N) is 1. The molecule has 1 saturated carbocycles. The van der Waals surface area contributed by atoms with Crippen LogP contribution in [0.4, 0.5) is 0 Å². The fourth-order valence-corrected chi connectivity index (χ4v) is 3.16. The van der Waals surface area contributed by atoms with E-state index in [1.54, 1.807) is 0 Å². The van der Waals surface area contributed by atoms with Gasteiger partial charge in [-0.2, -0.15) is 0 Å². The van der Waals surface area contributed by atoms with Gasteiger partial charge in [0.25, 0.3) is 0 Å². The van der Waals surface area contributed by atoms with Crippen LogP contribution < -0.4 is 5.32 Å². The van der Waals surface area contributed by atoms with Crippen molar-refractivity contribution in [2.75, 3.05) is 7.05 Å². The van der Waals surface area contributed by atoms with Gasteiger partial charge in [-0.1, -0.05) is 6.07 Å². The van der Waals surface area contributed by atoms with Crippen LogP contribution in [-0.4, -0.2) is 18.0 Å². The number of hydrogen-bond acceptors (Lipinski definition) is 4. The van der Waals surface area contributed by atoms with Crippen molar-refractivity contribution in [3.8, 4) is 0 Å². The van der Waals surface area contributed by atoms with Gasteiger partial charge in [0.05, 0.1) is 12.8 Å². The van der Waals surface area contributed by atoms with E-state index in [1.807, 2.05) is 17.6 Å². The molecule has 2 aromatic rings. The van der Waals surface area contributed by atoms with Crippen LogP contribution in [0.3, 0.4) is 0 Å². The van der Waals surface area contributed by atoms with Crippen molar-refractivity contribution in [1.82, 2.24) is 10.2 Å². The number of hydrogen-bond donors (Lipinski definition) is 1. The molecule has 0 aliphatic heterocycles. The quantitative estimate of drug-likeness (QED) is 0.841. The molecule has 108 valence electrons. The number of nitrogens with zero attached hydrogens (tertiary/aromatic N) is 1. The molecule has 0 bridgehead atoms. The van der Waals surface area contributed by atoms with E-state index in [1.165, 1.54) is 23.3 Å². The smallest absolute Gasteiger partial charge is 0.122 e. The molecule has 1 aliphatic carbocycles. The fourth-order valence-electron chi connectivity index (χ4n) is 2.31. The van der Waals surface area contributed by atoms with Crippen LogP contribution in [-0.2, 0) is 13.1 Å². The Hall–Kier alpha value is -1.10. The molecular weight excluding hydrogens is 268 g/mol. The molecule has 0 amide bonds. The normalized spacial score (nSPS) is 16.8. The third kappa shape index (κ3) is 3.32. The summed E-state index contributed by atoms with van der Waals surface area (Å²) in [6, 6.07) is 7.56. The molecular formula is C16H22N2OS. The summed E-state index contributed by atoms with van der Waals surface area (Å²) in [6.07, 6.45) is 4.45. The molecule has 3 nitrogen and oxygen atoms in total. The van der Waals surface area contributed by atoms with Gasteiger partial charge < -0.3 is 9.73 Å². The van der Waals surface area contributed by atoms with Gasteiger partial charge in [-0.05, 0) is 44.3 Å². The molecule has 2 heterocycles. The van der Waals surface area contributed by atoms with Crippen molar-refractivity contribution in [3.05, 3.63) is 46.0 Å². The van der Waals surface area contributed by atoms with Crippen LogP contribution >= 0.6 is 11.3 Å². The minimum absolute atomic E-state index is 0.421. The lowest BCUT2D eigenvalue weighted by atomic mass is 10.2. The summed E-state index contributed by atoms with van der Waals surface area (Å²) >= 11 is 1.81. The van der Waals surface area contributed by atoms with Crippen molar-refractivity contribution >= 4 is 11.3 Å². The summed E-state index contributed by atoms with van der Waals surface area (Å²) in [6.45, 7) is 4.03. The van der Waals surface area contributed by atoms with Crippen LogP contribution in [0.2, 0.25) is 0 Å². The van der Waals surface area contributed by atoms with Crippen LogP contribution in [0.5, 0.6) is 0 Å². The largest absolute Gasteiger partial charge is 0.468 e. The highest BCUT2D eigenvalue weighted by atomic mass is 32.1. The molecule has 1 aliphatic rings. The molecule has 0 saturated heterocycles. The van der Waals surface area contributed by atoms with Crippen LogP contribution in [0.1, 0.15) is 42.0 Å². The number of thiophene rings is 1. The summed E-state index contributed by atoms with van der Waals surface area (Å²) < 4.78 is 5.68. The van der Waals surface area contributed by atoms with Gasteiger partial charge in [-0.25, -0.2) is 0 Å². The first-order chi connectivity index (χ1) is 9.74. The number of furan rings is 1. The molecule has 3 rings (SSSR count). The maximum atomic E-state index is 5.68. The summed E-state index contributed by atoms with van der Waals surface area (Å²) in [5.41, 5.74) is 1.29. The average molecular weight is 290 g/mol. The average Bonchev–Trinajstić information content (AvgIpc) is 2.94. The van der Waals surface area contributed by atoms with E-state index in [0.29, 0.717) is 6.04 Å². The molecule has 2 aromatic heterocycles. The molecule has 1 N–H and O–H groups in total. The Balaban J connectivity index is 1.60. The zero-order chi connectivity index (χ0) is 13.9. The summed E-state index contributed by atoms with van der Waals surface area (Å²) in [4.78, 5) is 3.74. The van der Waals surface area contributed by atoms with Crippen LogP contribution in [0, 0.1) is 0 Å². The van der Waals surface area contributed by atoms with Gasteiger partial charge in [-0.15, -0.1) is 11.3 Å². The predicted octanol–water partition coefficient (Wildman–Crippen LogP) is 3.79. The van der Waals surface area contributed by atoms with Gasteiger partial charge in [0.15, 0.2) is 0 Å². The first-order valence-electron chi connectivity index (χ1n) is 7.26.